The van der Waals surface area contributed by atoms with E-state index in [0.29, 0.717) is 30.2 Å². The maximum Gasteiger partial charge on any atom is 0.147 e. The number of ether oxygens (including phenoxy) is 2. The highest BCUT2D eigenvalue weighted by Gasteiger charge is 2.34. The van der Waals surface area contributed by atoms with Crippen molar-refractivity contribution in [1.29, 1.82) is 5.26 Å². The zero-order valence-electron chi connectivity index (χ0n) is 13.4. The van der Waals surface area contributed by atoms with Crippen molar-refractivity contribution in [3.8, 4) is 11.8 Å². The van der Waals surface area contributed by atoms with E-state index in [1.54, 1.807) is 37.7 Å². The lowest BCUT2D eigenvalue weighted by Gasteiger charge is -2.27. The maximum atomic E-state index is 14.4. The van der Waals surface area contributed by atoms with Crippen LogP contribution in [0.25, 0.3) is 0 Å². The Morgan fingerprint density at radius 2 is 2.29 bits per heavy atom. The fourth-order valence-corrected chi connectivity index (χ4v) is 2.93. The molecule has 24 heavy (non-hydrogen) atoms. The van der Waals surface area contributed by atoms with Crippen molar-refractivity contribution < 1.29 is 13.9 Å². The van der Waals surface area contributed by atoms with E-state index in [2.05, 4.69) is 4.98 Å². The molecular weight excluding hydrogens is 309 g/mol. The molecule has 1 aromatic heterocycles. The molecule has 0 bridgehead atoms. The third kappa shape index (κ3) is 3.47. The minimum absolute atomic E-state index is 0.0161. The number of halogens is 1. The molecule has 0 amide bonds. The van der Waals surface area contributed by atoms with Crippen LogP contribution in [0.1, 0.15) is 12.0 Å². The molecule has 0 aliphatic carbocycles. The molecular formula is C18H18FN3O2. The third-order valence-corrected chi connectivity index (χ3v) is 4.17. The van der Waals surface area contributed by atoms with Crippen LogP contribution in [-0.2, 0) is 4.74 Å². The topological polar surface area (TPSA) is 58.4 Å². The Morgan fingerprint density at radius 1 is 1.42 bits per heavy atom. The maximum absolute atomic E-state index is 14.4. The summed E-state index contributed by atoms with van der Waals surface area (Å²) in [5.41, 5.74) is 0.773. The lowest BCUT2D eigenvalue weighted by Crippen LogP contribution is -2.35. The van der Waals surface area contributed by atoms with Gasteiger partial charge in [0.05, 0.1) is 35.7 Å². The van der Waals surface area contributed by atoms with E-state index in [1.165, 1.54) is 6.07 Å². The molecule has 2 heterocycles. The zero-order chi connectivity index (χ0) is 16.9. The minimum Gasteiger partial charge on any atom is -0.490 e. The highest BCUT2D eigenvalue weighted by molar-refractivity contribution is 5.53. The van der Waals surface area contributed by atoms with Crippen molar-refractivity contribution in [2.75, 3.05) is 25.2 Å². The van der Waals surface area contributed by atoms with Crippen LogP contribution in [0.15, 0.2) is 42.7 Å². The summed E-state index contributed by atoms with van der Waals surface area (Å²) < 4.78 is 25.6. The first-order valence-electron chi connectivity index (χ1n) is 7.73. The molecule has 0 unspecified atom stereocenters. The van der Waals surface area contributed by atoms with Gasteiger partial charge >= 0.3 is 0 Å². The van der Waals surface area contributed by atoms with Gasteiger partial charge in [0.1, 0.15) is 18.2 Å². The molecule has 2 aromatic rings. The minimum atomic E-state index is -0.405. The van der Waals surface area contributed by atoms with Gasteiger partial charge in [-0.05, 0) is 36.8 Å². The van der Waals surface area contributed by atoms with Gasteiger partial charge in [0.2, 0.25) is 0 Å². The molecule has 5 nitrogen and oxygen atoms in total. The predicted octanol–water partition coefficient (Wildman–Crippen LogP) is 2.77. The average molecular weight is 327 g/mol. The molecule has 0 saturated carbocycles. The lowest BCUT2D eigenvalue weighted by molar-refractivity contribution is 0.115. The van der Waals surface area contributed by atoms with Crippen LogP contribution in [0.4, 0.5) is 10.1 Å². The Kier molecular flexibility index (Phi) is 4.92. The number of anilines is 1. The van der Waals surface area contributed by atoms with Gasteiger partial charge in [0.15, 0.2) is 0 Å². The summed E-state index contributed by atoms with van der Waals surface area (Å²) in [6, 6.07) is 10.1. The van der Waals surface area contributed by atoms with Gasteiger partial charge < -0.3 is 14.4 Å². The molecule has 6 heteroatoms. The number of nitriles is 1. The van der Waals surface area contributed by atoms with E-state index >= 15 is 0 Å². The number of aromatic nitrogens is 1. The quantitative estimate of drug-likeness (QED) is 0.845. The largest absolute Gasteiger partial charge is 0.490 e. The second-order valence-electron chi connectivity index (χ2n) is 5.68. The number of hydrogen-bond acceptors (Lipinski definition) is 5. The van der Waals surface area contributed by atoms with Crippen LogP contribution in [0.5, 0.6) is 5.75 Å². The van der Waals surface area contributed by atoms with E-state index < -0.39 is 5.82 Å². The van der Waals surface area contributed by atoms with Gasteiger partial charge in [-0.1, -0.05) is 0 Å². The molecule has 2 atom stereocenters. The van der Waals surface area contributed by atoms with Crippen LogP contribution in [0.3, 0.4) is 0 Å². The van der Waals surface area contributed by atoms with Crippen molar-refractivity contribution in [3.05, 3.63) is 54.1 Å². The SMILES string of the molecule is CO[C@@H]1C[C@@H](COc2cccnc2)N(c2ccc(C#N)cc2F)C1. The first kappa shape index (κ1) is 16.2. The van der Waals surface area contributed by atoms with Crippen molar-refractivity contribution in [1.82, 2.24) is 4.98 Å². The van der Waals surface area contributed by atoms with Gasteiger partial charge in [0.25, 0.3) is 0 Å². The van der Waals surface area contributed by atoms with Gasteiger partial charge in [-0.3, -0.25) is 4.98 Å². The monoisotopic (exact) mass is 327 g/mol. The first-order chi connectivity index (χ1) is 11.7. The Balaban J connectivity index is 1.77. The molecule has 3 rings (SSSR count). The van der Waals surface area contributed by atoms with Crippen molar-refractivity contribution in [2.24, 2.45) is 0 Å². The van der Waals surface area contributed by atoms with Gasteiger partial charge in [-0.25, -0.2) is 4.39 Å². The summed E-state index contributed by atoms with van der Waals surface area (Å²) in [6.45, 7) is 0.991. The molecule has 1 fully saturated rings. The lowest BCUT2D eigenvalue weighted by atomic mass is 10.1. The summed E-state index contributed by atoms with van der Waals surface area (Å²) in [6.07, 6.45) is 4.09. The Labute approximate surface area is 140 Å². The van der Waals surface area contributed by atoms with Crippen molar-refractivity contribution in [2.45, 2.75) is 18.6 Å². The number of nitrogens with zero attached hydrogens (tertiary/aromatic N) is 3. The van der Waals surface area contributed by atoms with Crippen LogP contribution in [0, 0.1) is 17.1 Å². The van der Waals surface area contributed by atoms with Gasteiger partial charge in [0, 0.05) is 19.9 Å². The summed E-state index contributed by atoms with van der Waals surface area (Å²) in [5, 5.41) is 8.88. The second-order valence-corrected chi connectivity index (χ2v) is 5.68. The molecule has 0 radical (unpaired) electrons. The van der Waals surface area contributed by atoms with Crippen LogP contribution in [-0.4, -0.2) is 37.4 Å². The van der Waals surface area contributed by atoms with E-state index in [4.69, 9.17) is 14.7 Å². The number of pyridine rings is 1. The van der Waals surface area contributed by atoms with Gasteiger partial charge in [-0.15, -0.1) is 0 Å². The fraction of sp³-hybridized carbons (Fsp3) is 0.333. The number of rotatable bonds is 5. The van der Waals surface area contributed by atoms with Crippen LogP contribution in [0.2, 0.25) is 0 Å². The molecule has 1 aliphatic rings. The summed E-state index contributed by atoms with van der Waals surface area (Å²) >= 11 is 0. The third-order valence-electron chi connectivity index (χ3n) is 4.17. The second kappa shape index (κ2) is 7.28. The van der Waals surface area contributed by atoms with Crippen LogP contribution < -0.4 is 9.64 Å². The van der Waals surface area contributed by atoms with Crippen LogP contribution >= 0.6 is 0 Å². The van der Waals surface area contributed by atoms with E-state index in [0.717, 1.165) is 6.42 Å². The Morgan fingerprint density at radius 3 is 2.96 bits per heavy atom. The van der Waals surface area contributed by atoms with E-state index in [1.807, 2.05) is 17.0 Å². The van der Waals surface area contributed by atoms with Gasteiger partial charge in [-0.2, -0.15) is 5.26 Å². The number of hydrogen-bond donors (Lipinski definition) is 0. The van der Waals surface area contributed by atoms with Crippen molar-refractivity contribution >= 4 is 5.69 Å². The normalized spacial score (nSPS) is 20.0. The highest BCUT2D eigenvalue weighted by atomic mass is 19.1. The molecule has 1 saturated heterocycles. The summed E-state index contributed by atoms with van der Waals surface area (Å²) in [5.74, 6) is 0.274. The fourth-order valence-electron chi connectivity index (χ4n) is 2.93. The average Bonchev–Trinajstić information content (AvgIpc) is 3.03. The molecule has 124 valence electrons. The highest BCUT2D eigenvalue weighted by Crippen LogP contribution is 2.30. The van der Waals surface area contributed by atoms with E-state index in [9.17, 15) is 4.39 Å². The number of methoxy groups -OCH3 is 1. The summed E-state index contributed by atoms with van der Waals surface area (Å²) in [4.78, 5) is 5.96. The summed E-state index contributed by atoms with van der Waals surface area (Å²) in [7, 11) is 1.66. The molecule has 1 aromatic carbocycles. The number of benzene rings is 1. The zero-order valence-corrected chi connectivity index (χ0v) is 13.4. The molecule has 0 N–H and O–H groups in total. The van der Waals surface area contributed by atoms with E-state index in [-0.39, 0.29) is 12.1 Å². The predicted molar refractivity (Wildman–Crippen MR) is 87.4 cm³/mol. The smallest absolute Gasteiger partial charge is 0.147 e. The standard InChI is InChI=1S/C18H18FN3O2/c1-23-16-8-14(12-24-15-3-2-6-21-10-15)22(11-16)18-5-4-13(9-20)7-17(18)19/h2-7,10,14,16H,8,11-12H2,1H3/t14-,16+/m0/s1. The molecule has 0 spiro atoms. The first-order valence-corrected chi connectivity index (χ1v) is 7.73. The Bertz CT molecular complexity index is 733. The Hall–Kier alpha value is -2.65. The van der Waals surface area contributed by atoms with Crippen molar-refractivity contribution in [3.63, 3.8) is 0 Å². The molecule has 1 aliphatic heterocycles.